The Morgan fingerprint density at radius 3 is 2.95 bits per heavy atom. The summed E-state index contributed by atoms with van der Waals surface area (Å²) in [7, 11) is 0. The van der Waals surface area contributed by atoms with Crippen molar-refractivity contribution in [1.29, 1.82) is 0 Å². The first-order valence-corrected chi connectivity index (χ1v) is 6.33. The minimum Gasteiger partial charge on any atom is -0.504 e. The van der Waals surface area contributed by atoms with Crippen LogP contribution < -0.4 is 15.4 Å². The third-order valence-electron chi connectivity index (χ3n) is 3.43. The number of rotatable bonds is 2. The number of aromatic hydroxyl groups is 1. The van der Waals surface area contributed by atoms with Gasteiger partial charge in [0.15, 0.2) is 16.9 Å². The largest absolute Gasteiger partial charge is 0.504 e. The Hall–Kier alpha value is -2.56. The zero-order valence-electron chi connectivity index (χ0n) is 11.3. The molecule has 2 aromatic heterocycles. The van der Waals surface area contributed by atoms with Crippen molar-refractivity contribution in [2.24, 2.45) is 0 Å². The SMILES string of the molecule is C=c1c(OCC)c(O)c2c(ccn3c(C)ncc23)c1=O. The normalized spacial score (nSPS) is 11.3. The summed E-state index contributed by atoms with van der Waals surface area (Å²) in [5.74, 6) is 0.874. The molecule has 1 aromatic carbocycles. The smallest absolute Gasteiger partial charge is 0.197 e. The number of nitrogens with zero attached hydrogens (tertiary/aromatic N) is 2. The second kappa shape index (κ2) is 4.23. The van der Waals surface area contributed by atoms with Gasteiger partial charge in [-0.3, -0.25) is 4.79 Å². The number of hydrogen-bond donors (Lipinski definition) is 1. The van der Waals surface area contributed by atoms with Crippen molar-refractivity contribution in [1.82, 2.24) is 9.38 Å². The molecule has 0 bridgehead atoms. The van der Waals surface area contributed by atoms with Gasteiger partial charge in [0.05, 0.1) is 28.9 Å². The van der Waals surface area contributed by atoms with E-state index in [0.29, 0.717) is 22.9 Å². The lowest BCUT2D eigenvalue weighted by Gasteiger charge is -2.10. The van der Waals surface area contributed by atoms with Crippen LogP contribution in [-0.4, -0.2) is 21.1 Å². The molecular formula is C15H14N2O3. The van der Waals surface area contributed by atoms with Crippen LogP contribution in [0.25, 0.3) is 22.9 Å². The van der Waals surface area contributed by atoms with Crippen LogP contribution in [-0.2, 0) is 0 Å². The van der Waals surface area contributed by atoms with Gasteiger partial charge in [-0.25, -0.2) is 4.98 Å². The Balaban J connectivity index is 2.61. The van der Waals surface area contributed by atoms with E-state index in [9.17, 15) is 9.90 Å². The third-order valence-corrected chi connectivity index (χ3v) is 3.43. The lowest BCUT2D eigenvalue weighted by Crippen LogP contribution is -2.25. The Labute approximate surface area is 114 Å². The summed E-state index contributed by atoms with van der Waals surface area (Å²) in [6.07, 6.45) is 3.40. The van der Waals surface area contributed by atoms with E-state index in [1.54, 1.807) is 25.4 Å². The maximum absolute atomic E-state index is 12.3. The van der Waals surface area contributed by atoms with E-state index in [0.717, 1.165) is 5.82 Å². The van der Waals surface area contributed by atoms with E-state index in [1.807, 2.05) is 11.3 Å². The fraction of sp³-hybridized carbons (Fsp3) is 0.200. The van der Waals surface area contributed by atoms with Crippen LogP contribution in [0, 0.1) is 6.92 Å². The first kappa shape index (κ1) is 12.5. The molecule has 102 valence electrons. The monoisotopic (exact) mass is 270 g/mol. The highest BCUT2D eigenvalue weighted by atomic mass is 16.5. The number of fused-ring (bicyclic) bond motifs is 3. The van der Waals surface area contributed by atoms with E-state index in [4.69, 9.17) is 4.74 Å². The number of ether oxygens (including phenoxy) is 1. The van der Waals surface area contributed by atoms with Gasteiger partial charge in [-0.1, -0.05) is 6.58 Å². The number of aryl methyl sites for hydroxylation is 1. The number of imidazole rings is 1. The van der Waals surface area contributed by atoms with Crippen LogP contribution in [0.1, 0.15) is 12.7 Å². The lowest BCUT2D eigenvalue weighted by atomic mass is 10.1. The summed E-state index contributed by atoms with van der Waals surface area (Å²) < 4.78 is 7.19. The van der Waals surface area contributed by atoms with E-state index < -0.39 is 0 Å². The molecule has 0 fully saturated rings. The highest BCUT2D eigenvalue weighted by Crippen LogP contribution is 2.32. The summed E-state index contributed by atoms with van der Waals surface area (Å²) in [5, 5.41) is 11.5. The summed E-state index contributed by atoms with van der Waals surface area (Å²) >= 11 is 0. The predicted octanol–water partition coefficient (Wildman–Crippen LogP) is 1.39. The number of phenols is 1. The van der Waals surface area contributed by atoms with Gasteiger partial charge in [0, 0.05) is 11.6 Å². The maximum atomic E-state index is 12.3. The predicted molar refractivity (Wildman–Crippen MR) is 77.3 cm³/mol. The van der Waals surface area contributed by atoms with Crippen molar-refractivity contribution in [3.8, 4) is 11.5 Å². The van der Waals surface area contributed by atoms with Crippen molar-refractivity contribution >= 4 is 22.9 Å². The Morgan fingerprint density at radius 2 is 2.25 bits per heavy atom. The van der Waals surface area contributed by atoms with Crippen LogP contribution >= 0.6 is 0 Å². The summed E-state index contributed by atoms with van der Waals surface area (Å²) in [6.45, 7) is 7.71. The minimum atomic E-state index is -0.234. The summed E-state index contributed by atoms with van der Waals surface area (Å²) in [4.78, 5) is 16.6. The number of pyridine rings is 1. The van der Waals surface area contributed by atoms with E-state index in [2.05, 4.69) is 11.6 Å². The Morgan fingerprint density at radius 1 is 1.50 bits per heavy atom. The average Bonchev–Trinajstić information content (AvgIpc) is 2.82. The molecule has 0 unspecified atom stereocenters. The zero-order chi connectivity index (χ0) is 14.4. The number of hydrogen-bond acceptors (Lipinski definition) is 4. The van der Waals surface area contributed by atoms with Gasteiger partial charge >= 0.3 is 0 Å². The molecule has 0 saturated heterocycles. The molecule has 0 amide bonds. The molecule has 0 aliphatic rings. The molecule has 0 aliphatic carbocycles. The highest BCUT2D eigenvalue weighted by Gasteiger charge is 2.17. The molecule has 0 saturated carbocycles. The van der Waals surface area contributed by atoms with Crippen LogP contribution in [0.15, 0.2) is 23.3 Å². The average molecular weight is 270 g/mol. The van der Waals surface area contributed by atoms with Crippen LogP contribution in [0.4, 0.5) is 0 Å². The second-order valence-corrected chi connectivity index (χ2v) is 4.58. The molecule has 0 radical (unpaired) electrons. The van der Waals surface area contributed by atoms with Crippen molar-refractivity contribution in [3.05, 3.63) is 39.7 Å². The van der Waals surface area contributed by atoms with Crippen molar-refractivity contribution in [2.75, 3.05) is 6.61 Å². The number of aromatic nitrogens is 2. The van der Waals surface area contributed by atoms with Gasteiger partial charge in [0.25, 0.3) is 0 Å². The molecule has 0 aliphatic heterocycles. The maximum Gasteiger partial charge on any atom is 0.197 e. The molecule has 3 aromatic rings. The van der Waals surface area contributed by atoms with Gasteiger partial charge in [0.1, 0.15) is 5.82 Å². The first-order valence-electron chi connectivity index (χ1n) is 6.33. The molecule has 3 rings (SSSR count). The summed E-state index contributed by atoms with van der Waals surface area (Å²) in [6, 6.07) is 1.67. The molecule has 0 spiro atoms. The second-order valence-electron chi connectivity index (χ2n) is 4.58. The standard InChI is InChI=1S/C15H14N2O3/c1-4-20-15-8(2)13(18)10-5-6-17-9(3)16-7-11(17)12(10)14(15)19/h5-7,19H,2,4H2,1,3H3. The fourth-order valence-corrected chi connectivity index (χ4v) is 2.46. The topological polar surface area (TPSA) is 63.8 Å². The lowest BCUT2D eigenvalue weighted by molar-refractivity contribution is 0.317. The summed E-state index contributed by atoms with van der Waals surface area (Å²) in [5.41, 5.74) is 0.443. The Kier molecular flexibility index (Phi) is 2.64. The van der Waals surface area contributed by atoms with Crippen molar-refractivity contribution < 1.29 is 9.84 Å². The van der Waals surface area contributed by atoms with Gasteiger partial charge in [-0.05, 0) is 19.9 Å². The molecular weight excluding hydrogens is 256 g/mol. The van der Waals surface area contributed by atoms with E-state index in [-0.39, 0.29) is 22.1 Å². The van der Waals surface area contributed by atoms with Gasteiger partial charge < -0.3 is 14.2 Å². The quantitative estimate of drug-likeness (QED) is 0.764. The Bertz CT molecular complexity index is 928. The molecule has 5 heteroatoms. The minimum absolute atomic E-state index is 0.0584. The van der Waals surface area contributed by atoms with Crippen molar-refractivity contribution in [2.45, 2.75) is 13.8 Å². The van der Waals surface area contributed by atoms with Gasteiger partial charge in [-0.15, -0.1) is 0 Å². The van der Waals surface area contributed by atoms with E-state index in [1.165, 1.54) is 0 Å². The van der Waals surface area contributed by atoms with E-state index >= 15 is 0 Å². The van der Waals surface area contributed by atoms with Crippen molar-refractivity contribution in [3.63, 3.8) is 0 Å². The third kappa shape index (κ3) is 1.49. The zero-order valence-corrected chi connectivity index (χ0v) is 11.3. The molecule has 1 N–H and O–H groups in total. The highest BCUT2D eigenvalue weighted by molar-refractivity contribution is 6.01. The van der Waals surface area contributed by atoms with Crippen LogP contribution in [0.3, 0.4) is 0 Å². The molecule has 2 heterocycles. The van der Waals surface area contributed by atoms with Gasteiger partial charge in [0.2, 0.25) is 0 Å². The fourth-order valence-electron chi connectivity index (χ4n) is 2.46. The van der Waals surface area contributed by atoms with Gasteiger partial charge in [-0.2, -0.15) is 0 Å². The van der Waals surface area contributed by atoms with Crippen LogP contribution in [0.5, 0.6) is 11.5 Å². The number of benzene rings is 1. The van der Waals surface area contributed by atoms with Crippen LogP contribution in [0.2, 0.25) is 0 Å². The molecule has 0 atom stereocenters. The molecule has 5 nitrogen and oxygen atoms in total. The number of phenolic OH excluding ortho intramolecular Hbond substituents is 1. The molecule has 20 heavy (non-hydrogen) atoms. The first-order chi connectivity index (χ1) is 9.56.